The Morgan fingerprint density at radius 3 is 2.26 bits per heavy atom. The van der Waals surface area contributed by atoms with Crippen LogP contribution in [0.25, 0.3) is 0 Å². The molecule has 0 radical (unpaired) electrons. The summed E-state index contributed by atoms with van der Waals surface area (Å²) in [5.74, 6) is -0.101. The van der Waals surface area contributed by atoms with Gasteiger partial charge in [0.2, 0.25) is 0 Å². The van der Waals surface area contributed by atoms with Crippen LogP contribution < -0.4 is 10.2 Å². The molecule has 0 atom stereocenters. The van der Waals surface area contributed by atoms with Gasteiger partial charge in [-0.1, -0.05) is 35.9 Å². The van der Waals surface area contributed by atoms with Gasteiger partial charge in [-0.05, 0) is 61.0 Å². The van der Waals surface area contributed by atoms with Crippen LogP contribution in [0.15, 0.2) is 72.8 Å². The van der Waals surface area contributed by atoms with Crippen LogP contribution in [0.5, 0.6) is 0 Å². The summed E-state index contributed by atoms with van der Waals surface area (Å²) in [5.41, 5.74) is 4.10. The van der Waals surface area contributed by atoms with Gasteiger partial charge in [0.25, 0.3) is 11.8 Å². The van der Waals surface area contributed by atoms with Crippen LogP contribution in [0.2, 0.25) is 5.02 Å². The number of halogens is 1. The molecule has 1 aliphatic rings. The summed E-state index contributed by atoms with van der Waals surface area (Å²) in [7, 11) is 0. The molecule has 1 heterocycles. The largest absolute Gasteiger partial charge is 0.368 e. The summed E-state index contributed by atoms with van der Waals surface area (Å²) in [6.45, 7) is 4.87. The number of hydrogen-bond donors (Lipinski definition) is 1. The summed E-state index contributed by atoms with van der Waals surface area (Å²) in [4.78, 5) is 29.4. The number of amides is 2. The van der Waals surface area contributed by atoms with Crippen LogP contribution >= 0.6 is 11.6 Å². The van der Waals surface area contributed by atoms with Gasteiger partial charge in [0, 0.05) is 53.7 Å². The van der Waals surface area contributed by atoms with Gasteiger partial charge in [0.1, 0.15) is 0 Å². The van der Waals surface area contributed by atoms with Gasteiger partial charge >= 0.3 is 0 Å². The molecule has 3 aromatic rings. The van der Waals surface area contributed by atoms with Crippen LogP contribution in [0.1, 0.15) is 26.3 Å². The molecule has 0 spiro atoms. The van der Waals surface area contributed by atoms with Gasteiger partial charge in [0.15, 0.2) is 0 Å². The molecule has 31 heavy (non-hydrogen) atoms. The summed E-state index contributed by atoms with van der Waals surface area (Å²) in [5, 5.41) is 3.42. The van der Waals surface area contributed by atoms with Crippen LogP contribution in [0.3, 0.4) is 0 Å². The molecule has 158 valence electrons. The number of carbonyl (C=O) groups is 2. The van der Waals surface area contributed by atoms with Crippen molar-refractivity contribution in [3.63, 3.8) is 0 Å². The Kier molecular flexibility index (Phi) is 6.23. The zero-order valence-electron chi connectivity index (χ0n) is 17.3. The predicted molar refractivity (Wildman–Crippen MR) is 125 cm³/mol. The quantitative estimate of drug-likeness (QED) is 0.639. The molecule has 4 rings (SSSR count). The summed E-state index contributed by atoms with van der Waals surface area (Å²) in [6, 6.07) is 22.3. The third kappa shape index (κ3) is 4.89. The van der Waals surface area contributed by atoms with E-state index in [0.29, 0.717) is 23.7 Å². The SMILES string of the molecule is Cc1ccccc1C(=O)N1CCN(c2ccc(NC(=O)c3cccc(Cl)c3)cc2)CC1. The molecule has 1 fully saturated rings. The van der Waals surface area contributed by atoms with Gasteiger partial charge in [-0.2, -0.15) is 0 Å². The Labute approximate surface area is 187 Å². The minimum atomic E-state index is -0.196. The third-order valence-electron chi connectivity index (χ3n) is 5.52. The lowest BCUT2D eigenvalue weighted by atomic mass is 10.1. The van der Waals surface area contributed by atoms with Crippen LogP contribution in [-0.4, -0.2) is 42.9 Å². The first-order valence-corrected chi connectivity index (χ1v) is 10.7. The monoisotopic (exact) mass is 433 g/mol. The maximum atomic E-state index is 12.8. The molecule has 0 saturated carbocycles. The highest BCUT2D eigenvalue weighted by molar-refractivity contribution is 6.31. The first-order chi connectivity index (χ1) is 15.0. The summed E-state index contributed by atoms with van der Waals surface area (Å²) in [6.07, 6.45) is 0. The van der Waals surface area contributed by atoms with Crippen LogP contribution in [-0.2, 0) is 0 Å². The Morgan fingerprint density at radius 1 is 0.871 bits per heavy atom. The van der Waals surface area contributed by atoms with E-state index in [1.54, 1.807) is 24.3 Å². The molecule has 0 aromatic heterocycles. The number of anilines is 2. The van der Waals surface area contributed by atoms with E-state index in [0.717, 1.165) is 35.6 Å². The number of carbonyl (C=O) groups excluding carboxylic acids is 2. The van der Waals surface area contributed by atoms with E-state index in [4.69, 9.17) is 11.6 Å². The topological polar surface area (TPSA) is 52.7 Å². The van der Waals surface area contributed by atoms with E-state index < -0.39 is 0 Å². The molecule has 2 amide bonds. The Morgan fingerprint density at radius 2 is 1.58 bits per heavy atom. The molecule has 0 bridgehead atoms. The van der Waals surface area contributed by atoms with Crippen LogP contribution in [0, 0.1) is 6.92 Å². The summed E-state index contributed by atoms with van der Waals surface area (Å²) < 4.78 is 0. The molecule has 3 aromatic carbocycles. The van der Waals surface area contributed by atoms with E-state index in [1.807, 2.05) is 60.4 Å². The zero-order valence-corrected chi connectivity index (χ0v) is 18.1. The highest BCUT2D eigenvalue weighted by Crippen LogP contribution is 2.21. The zero-order chi connectivity index (χ0) is 21.8. The second-order valence-corrected chi connectivity index (χ2v) is 8.04. The number of aryl methyl sites for hydroxylation is 1. The lowest BCUT2D eigenvalue weighted by Crippen LogP contribution is -2.48. The first-order valence-electron chi connectivity index (χ1n) is 10.3. The lowest BCUT2D eigenvalue weighted by molar-refractivity contribution is 0.0746. The fourth-order valence-corrected chi connectivity index (χ4v) is 3.93. The maximum Gasteiger partial charge on any atom is 0.255 e. The number of nitrogens with zero attached hydrogens (tertiary/aromatic N) is 2. The van der Waals surface area contributed by atoms with Crippen molar-refractivity contribution < 1.29 is 9.59 Å². The molecule has 6 heteroatoms. The average Bonchev–Trinajstić information content (AvgIpc) is 2.79. The lowest BCUT2D eigenvalue weighted by Gasteiger charge is -2.36. The van der Waals surface area contributed by atoms with Crippen molar-refractivity contribution in [3.05, 3.63) is 94.5 Å². The second-order valence-electron chi connectivity index (χ2n) is 7.61. The van der Waals surface area contributed by atoms with Gasteiger partial charge in [-0.25, -0.2) is 0 Å². The average molecular weight is 434 g/mol. The Hall–Kier alpha value is -3.31. The van der Waals surface area contributed by atoms with E-state index in [9.17, 15) is 9.59 Å². The number of piperazine rings is 1. The summed E-state index contributed by atoms with van der Waals surface area (Å²) >= 11 is 5.96. The number of nitrogens with one attached hydrogen (secondary N) is 1. The predicted octanol–water partition coefficient (Wildman–Crippen LogP) is 4.86. The number of rotatable bonds is 4. The van der Waals surface area contributed by atoms with Crippen molar-refractivity contribution in [2.75, 3.05) is 36.4 Å². The first kappa shape index (κ1) is 20.9. The number of benzene rings is 3. The van der Waals surface area contributed by atoms with Crippen molar-refractivity contribution in [1.82, 2.24) is 4.90 Å². The fourth-order valence-electron chi connectivity index (χ4n) is 3.74. The van der Waals surface area contributed by atoms with Gasteiger partial charge in [-0.15, -0.1) is 0 Å². The number of hydrogen-bond acceptors (Lipinski definition) is 3. The second kappa shape index (κ2) is 9.23. The van der Waals surface area contributed by atoms with Crippen LogP contribution in [0.4, 0.5) is 11.4 Å². The molecular formula is C25H24ClN3O2. The Bertz CT molecular complexity index is 1090. The molecular weight excluding hydrogens is 410 g/mol. The minimum absolute atomic E-state index is 0.0943. The van der Waals surface area contributed by atoms with E-state index in [-0.39, 0.29) is 11.8 Å². The smallest absolute Gasteiger partial charge is 0.255 e. The van der Waals surface area contributed by atoms with E-state index in [2.05, 4.69) is 10.2 Å². The van der Waals surface area contributed by atoms with Crippen molar-refractivity contribution >= 4 is 34.8 Å². The van der Waals surface area contributed by atoms with Gasteiger partial charge < -0.3 is 15.1 Å². The highest BCUT2D eigenvalue weighted by atomic mass is 35.5. The standard InChI is InChI=1S/C25H24ClN3O2/c1-18-5-2-3-8-23(18)25(31)29-15-13-28(14-16-29)22-11-9-21(10-12-22)27-24(30)19-6-4-7-20(26)17-19/h2-12,17H,13-16H2,1H3,(H,27,30). The van der Waals surface area contributed by atoms with Crippen molar-refractivity contribution in [3.8, 4) is 0 Å². The van der Waals surface area contributed by atoms with Gasteiger partial charge in [0.05, 0.1) is 0 Å². The third-order valence-corrected chi connectivity index (χ3v) is 5.75. The van der Waals surface area contributed by atoms with Crippen molar-refractivity contribution in [2.24, 2.45) is 0 Å². The molecule has 0 aliphatic carbocycles. The fraction of sp³-hybridized carbons (Fsp3) is 0.200. The molecule has 1 saturated heterocycles. The van der Waals surface area contributed by atoms with E-state index in [1.165, 1.54) is 0 Å². The molecule has 5 nitrogen and oxygen atoms in total. The van der Waals surface area contributed by atoms with Crippen molar-refractivity contribution in [2.45, 2.75) is 6.92 Å². The normalized spacial score (nSPS) is 13.7. The van der Waals surface area contributed by atoms with Gasteiger partial charge in [-0.3, -0.25) is 9.59 Å². The molecule has 0 unspecified atom stereocenters. The molecule has 1 N–H and O–H groups in total. The maximum absolute atomic E-state index is 12.8. The minimum Gasteiger partial charge on any atom is -0.368 e. The Balaban J connectivity index is 1.35. The van der Waals surface area contributed by atoms with E-state index >= 15 is 0 Å². The highest BCUT2D eigenvalue weighted by Gasteiger charge is 2.23. The molecule has 1 aliphatic heterocycles. The van der Waals surface area contributed by atoms with Crippen molar-refractivity contribution in [1.29, 1.82) is 0 Å².